The van der Waals surface area contributed by atoms with Gasteiger partial charge in [0.2, 0.25) is 11.8 Å². The van der Waals surface area contributed by atoms with Crippen molar-refractivity contribution in [1.82, 2.24) is 20.5 Å². The highest BCUT2D eigenvalue weighted by atomic mass is 35.5. The molecule has 4 aliphatic carbocycles. The highest BCUT2D eigenvalue weighted by Crippen LogP contribution is 2.55. The maximum atomic E-state index is 13.3. The molecule has 4 fully saturated rings. The summed E-state index contributed by atoms with van der Waals surface area (Å²) >= 11 is 6.06. The van der Waals surface area contributed by atoms with Gasteiger partial charge < -0.3 is 25.3 Å². The molecule has 2 aromatic carbocycles. The number of H-pyrrole nitrogens is 1. The van der Waals surface area contributed by atoms with Crippen molar-refractivity contribution in [2.24, 2.45) is 17.8 Å². The predicted molar refractivity (Wildman–Crippen MR) is 193 cm³/mol. The number of ether oxygens (including phenoxy) is 1. The number of amides is 3. The van der Waals surface area contributed by atoms with Crippen molar-refractivity contribution in [1.29, 1.82) is 0 Å². The van der Waals surface area contributed by atoms with Crippen LogP contribution in [0.15, 0.2) is 48.5 Å². The number of carbonyl (C=O) groups is 4. The first kappa shape index (κ1) is 34.6. The molecule has 3 N–H and O–H groups in total. The molecule has 4 saturated carbocycles. The Morgan fingerprint density at radius 3 is 2.24 bits per heavy atom. The molecule has 0 unspecified atom stereocenters. The minimum Gasteiger partial charge on any atom is -0.467 e. The fraction of sp³-hybridized carbons (Fsp3) is 0.550. The number of aromatic amines is 1. The fourth-order valence-corrected chi connectivity index (χ4v) is 10.2. The van der Waals surface area contributed by atoms with Crippen LogP contribution in [0.2, 0.25) is 0 Å². The van der Waals surface area contributed by atoms with Gasteiger partial charge in [0.15, 0.2) is 0 Å². The van der Waals surface area contributed by atoms with Gasteiger partial charge in [0.1, 0.15) is 11.9 Å². The lowest BCUT2D eigenvalue weighted by Gasteiger charge is -2.56. The Kier molecular flexibility index (Phi) is 10.2. The van der Waals surface area contributed by atoms with Gasteiger partial charge >= 0.3 is 5.97 Å². The number of para-hydroxylation sites is 1. The van der Waals surface area contributed by atoms with E-state index < -0.39 is 18.1 Å². The van der Waals surface area contributed by atoms with Gasteiger partial charge in [-0.15, -0.1) is 11.6 Å². The zero-order valence-corrected chi connectivity index (χ0v) is 29.7. The number of methoxy groups -OCH3 is 1. The molecule has 0 spiro atoms. The summed E-state index contributed by atoms with van der Waals surface area (Å²) < 4.78 is 5.12. The summed E-state index contributed by atoms with van der Waals surface area (Å²) in [5.41, 5.74) is 4.07. The number of halogens is 1. The monoisotopic (exact) mass is 700 g/mol. The van der Waals surface area contributed by atoms with Gasteiger partial charge in [-0.1, -0.05) is 49.6 Å². The molecule has 0 radical (unpaired) electrons. The number of alkyl halides is 1. The molecule has 8 rings (SSSR count). The van der Waals surface area contributed by atoms with Crippen LogP contribution in [0.3, 0.4) is 0 Å². The van der Waals surface area contributed by atoms with E-state index in [1.807, 2.05) is 36.4 Å². The Balaban J connectivity index is 0.894. The first-order valence-corrected chi connectivity index (χ1v) is 19.0. The normalized spacial score (nSPS) is 26.4. The molecule has 1 aliphatic heterocycles. The number of nitrogens with one attached hydrogen (secondary N) is 3. The number of benzene rings is 2. The molecular weight excluding hydrogens is 652 g/mol. The van der Waals surface area contributed by atoms with E-state index in [1.165, 1.54) is 50.5 Å². The molecule has 10 heteroatoms. The molecule has 2 heterocycles. The fourth-order valence-electron chi connectivity index (χ4n) is 10.0. The van der Waals surface area contributed by atoms with Crippen molar-refractivity contribution in [2.75, 3.05) is 19.5 Å². The average Bonchev–Trinajstić information content (AvgIpc) is 3.48. The zero-order chi connectivity index (χ0) is 34.8. The standard InChI is InChI=1S/C40H49ClN4O5/c1-50-39(49)33-20-31-30-9-6-7-10-32(30)43-36(31)37(45(33)35(47)24-41)28-12-14-29(15-13-28)38(48)42-16-8-4-2-3-5-11-34(46)44-40-21-25-17-26(22-40)19-27(18-25)23-40/h6-7,9-10,12-15,25-27,33,37,43H,2-5,8,11,16-24H2,1H3,(H,42,48)(H,44,46)/t25?,26?,27?,33-,37+,40?/m1/s1. The van der Waals surface area contributed by atoms with Crippen LogP contribution in [0.25, 0.3) is 10.9 Å². The lowest BCUT2D eigenvalue weighted by Crippen LogP contribution is -2.59. The molecule has 266 valence electrons. The van der Waals surface area contributed by atoms with Crippen LogP contribution in [0.4, 0.5) is 0 Å². The van der Waals surface area contributed by atoms with Crippen LogP contribution < -0.4 is 10.6 Å². The third-order valence-corrected chi connectivity index (χ3v) is 12.0. The quantitative estimate of drug-likeness (QED) is 0.106. The topological polar surface area (TPSA) is 121 Å². The van der Waals surface area contributed by atoms with E-state index in [0.717, 1.165) is 77.6 Å². The summed E-state index contributed by atoms with van der Waals surface area (Å²) in [4.78, 5) is 57.0. The first-order valence-electron chi connectivity index (χ1n) is 18.5. The van der Waals surface area contributed by atoms with Crippen LogP contribution in [0, 0.1) is 17.8 Å². The Hall–Kier alpha value is -3.85. The van der Waals surface area contributed by atoms with Gasteiger partial charge in [-0.25, -0.2) is 4.79 Å². The number of esters is 1. The SMILES string of the molecule is COC(=O)[C@H]1Cc2c([nH]c3ccccc23)[C@H](c2ccc(C(=O)NCCCCCCCC(=O)NC34CC5CC(CC(C5)C3)C4)cc2)N1C(=O)CCl. The van der Waals surface area contributed by atoms with Crippen molar-refractivity contribution >= 4 is 46.2 Å². The maximum absolute atomic E-state index is 13.3. The zero-order valence-electron chi connectivity index (χ0n) is 29.0. The number of unbranched alkanes of at least 4 members (excludes halogenated alkanes) is 4. The summed E-state index contributed by atoms with van der Waals surface area (Å²) in [7, 11) is 1.32. The average molecular weight is 701 g/mol. The third-order valence-electron chi connectivity index (χ3n) is 11.8. The van der Waals surface area contributed by atoms with Crippen molar-refractivity contribution in [3.63, 3.8) is 0 Å². The van der Waals surface area contributed by atoms with Crippen LogP contribution >= 0.6 is 11.6 Å². The van der Waals surface area contributed by atoms with E-state index >= 15 is 0 Å². The first-order chi connectivity index (χ1) is 24.3. The highest BCUT2D eigenvalue weighted by Gasteiger charge is 2.51. The van der Waals surface area contributed by atoms with Gasteiger partial charge in [-0.2, -0.15) is 0 Å². The minimum atomic E-state index is -0.838. The van der Waals surface area contributed by atoms with E-state index in [4.69, 9.17) is 16.3 Å². The summed E-state index contributed by atoms with van der Waals surface area (Å²) in [6.45, 7) is 0.576. The number of carbonyl (C=O) groups excluding carboxylic acids is 4. The lowest BCUT2D eigenvalue weighted by molar-refractivity contribution is -0.154. The van der Waals surface area contributed by atoms with Gasteiger partial charge in [0.05, 0.1) is 13.2 Å². The third kappa shape index (κ3) is 7.03. The van der Waals surface area contributed by atoms with Crippen LogP contribution in [0.1, 0.15) is 110 Å². The predicted octanol–water partition coefficient (Wildman–Crippen LogP) is 6.58. The molecule has 9 nitrogen and oxygen atoms in total. The largest absolute Gasteiger partial charge is 0.467 e. The number of nitrogens with zero attached hydrogens (tertiary/aromatic N) is 1. The van der Waals surface area contributed by atoms with Gasteiger partial charge in [0.25, 0.3) is 5.91 Å². The maximum Gasteiger partial charge on any atom is 0.328 e. The molecule has 1 aromatic heterocycles. The molecule has 50 heavy (non-hydrogen) atoms. The second-order valence-corrected chi connectivity index (χ2v) is 15.6. The van der Waals surface area contributed by atoms with Crippen molar-refractivity contribution in [3.05, 3.63) is 70.9 Å². The number of hydrogen-bond donors (Lipinski definition) is 3. The number of hydrogen-bond acceptors (Lipinski definition) is 5. The van der Waals surface area contributed by atoms with E-state index in [-0.39, 0.29) is 29.1 Å². The van der Waals surface area contributed by atoms with Gasteiger partial charge in [-0.3, -0.25) is 14.4 Å². The van der Waals surface area contributed by atoms with Crippen molar-refractivity contribution in [3.8, 4) is 0 Å². The second kappa shape index (κ2) is 14.8. The van der Waals surface area contributed by atoms with E-state index in [1.54, 1.807) is 12.1 Å². The van der Waals surface area contributed by atoms with Crippen LogP contribution in [-0.4, -0.2) is 64.7 Å². The molecule has 3 amide bonds. The van der Waals surface area contributed by atoms with Gasteiger partial charge in [-0.05, 0) is 98.4 Å². The second-order valence-electron chi connectivity index (χ2n) is 15.3. The van der Waals surface area contributed by atoms with E-state index in [2.05, 4.69) is 15.6 Å². The molecule has 3 aromatic rings. The Labute approximate surface area is 299 Å². The van der Waals surface area contributed by atoms with E-state index in [0.29, 0.717) is 24.9 Å². The van der Waals surface area contributed by atoms with Crippen LogP contribution in [-0.2, 0) is 25.5 Å². The molecular formula is C40H49ClN4O5. The smallest absolute Gasteiger partial charge is 0.328 e. The van der Waals surface area contributed by atoms with E-state index in [9.17, 15) is 19.2 Å². The number of rotatable bonds is 13. The molecule has 4 bridgehead atoms. The highest BCUT2D eigenvalue weighted by molar-refractivity contribution is 6.27. The van der Waals surface area contributed by atoms with Crippen molar-refractivity contribution < 1.29 is 23.9 Å². The van der Waals surface area contributed by atoms with Crippen LogP contribution in [0.5, 0.6) is 0 Å². The Morgan fingerprint density at radius 1 is 0.900 bits per heavy atom. The Bertz CT molecular complexity index is 1700. The summed E-state index contributed by atoms with van der Waals surface area (Å²) in [6, 6.07) is 13.6. The minimum absolute atomic E-state index is 0.0955. The molecule has 5 aliphatic rings. The molecule has 2 atom stereocenters. The van der Waals surface area contributed by atoms with Crippen molar-refractivity contribution in [2.45, 2.75) is 101 Å². The number of aromatic nitrogens is 1. The number of fused-ring (bicyclic) bond motifs is 3. The Morgan fingerprint density at radius 2 is 1.56 bits per heavy atom. The summed E-state index contributed by atoms with van der Waals surface area (Å²) in [6.07, 6.45) is 13.5. The molecule has 0 saturated heterocycles. The summed E-state index contributed by atoms with van der Waals surface area (Å²) in [5.74, 6) is 1.41. The summed E-state index contributed by atoms with van der Waals surface area (Å²) in [5, 5.41) is 7.50. The lowest BCUT2D eigenvalue weighted by atomic mass is 9.53. The van der Waals surface area contributed by atoms with Gasteiger partial charge in [0, 0.05) is 47.1 Å².